The van der Waals surface area contributed by atoms with Crippen molar-refractivity contribution in [3.8, 4) is 0 Å². The number of aliphatic hydroxyl groups is 1. The van der Waals surface area contributed by atoms with Crippen molar-refractivity contribution in [2.45, 2.75) is 336 Å². The lowest BCUT2D eigenvalue weighted by Gasteiger charge is -2.44. The van der Waals surface area contributed by atoms with E-state index in [-0.39, 0.29) is 108 Å². The minimum Gasteiger partial charge on any atom is -0.480 e. The van der Waals surface area contributed by atoms with E-state index in [1.54, 1.807) is 118 Å². The number of nitrogens with one attached hydrogen (secondary N) is 2. The average Bonchev–Trinajstić information content (AvgIpc) is 0.781. The number of carbonyl (C=O) groups is 11. The molecular weight excluding hydrogens is 1430 g/mol. The van der Waals surface area contributed by atoms with Crippen LogP contribution in [0.15, 0.2) is 47.6 Å². The lowest BCUT2D eigenvalue weighted by atomic mass is 9.77. The summed E-state index contributed by atoms with van der Waals surface area (Å²) in [4.78, 5) is 161. The Morgan fingerprint density at radius 1 is 0.649 bits per heavy atom. The standard InChI is InChI=1S/C83H135N5O23/c1-50-32-24-23-25-33-51(2)64(103-20)48-58-39-37-56(7)83(102,107-58)70(91)71(92)86-43-31-28-36-62(86)74(97)106-65(53(4)46-57-38-40-59(66(47-57)104-21)87(77(100)110-81(14,15)16)60(72(93)94)34-26-29-41-84-75(98)108-79(8,9)10)49-63(89)52(3)45-54(5)67(69(105-22)68(90)55(6)44-50)88(78(101)111-82(17,18)19)61(73(95)96)35-27-30-42-85-76(99)109-80(11,12)13/h23-25,32-33,45,50,52-53,55-62,64-67,69,102H,26-31,34-44,46-49H2,1-22H3,(H,84,98)(H,85,99)(H,93,94)(H,95,96)/b25-23+,32-24-,51-33+,54-45+/t50-,52-,53-,55-,56-,57+,58+,59-,60+,61+,62+,64+,65+,66-,67-,69-,83-/m1/s1. The number of fused-ring (bicyclic) bond motifs is 3. The number of ether oxygens (including phenoxy) is 9. The first kappa shape index (κ1) is 96.1. The Kier molecular flexibility index (Phi) is 37.5. The normalized spacial score (nSPS) is 29.4. The number of unbranched alkanes of at least 4 members (excludes halogenated alkanes) is 2. The summed E-state index contributed by atoms with van der Waals surface area (Å²) >= 11 is 0. The summed E-state index contributed by atoms with van der Waals surface area (Å²) in [5, 5.41) is 39.9. The van der Waals surface area contributed by atoms with Crippen molar-refractivity contribution in [3.63, 3.8) is 0 Å². The molecule has 0 unspecified atom stereocenters. The molecule has 0 aromatic heterocycles. The van der Waals surface area contributed by atoms with Crippen molar-refractivity contribution in [2.75, 3.05) is 41.0 Å². The van der Waals surface area contributed by atoms with Crippen LogP contribution in [0, 0.1) is 35.5 Å². The Labute approximate surface area is 658 Å². The van der Waals surface area contributed by atoms with Crippen molar-refractivity contribution in [3.05, 3.63) is 47.6 Å². The fourth-order valence-corrected chi connectivity index (χ4v) is 15.1. The van der Waals surface area contributed by atoms with Crippen LogP contribution in [0.4, 0.5) is 19.2 Å². The van der Waals surface area contributed by atoms with Crippen LogP contribution in [0.5, 0.6) is 0 Å². The molecular formula is C83H135N5O23. The smallest absolute Gasteiger partial charge is 0.411 e. The summed E-state index contributed by atoms with van der Waals surface area (Å²) in [6.45, 7) is 32.4. The van der Waals surface area contributed by atoms with Crippen molar-refractivity contribution < 1.29 is 111 Å². The van der Waals surface area contributed by atoms with Crippen molar-refractivity contribution in [1.82, 2.24) is 25.3 Å². The van der Waals surface area contributed by atoms with Gasteiger partial charge in [0.1, 0.15) is 58.5 Å². The third-order valence-electron chi connectivity index (χ3n) is 20.7. The number of nitrogens with zero attached hydrogens (tertiary/aromatic N) is 3. The summed E-state index contributed by atoms with van der Waals surface area (Å²) in [6.07, 6.45) is 6.13. The predicted molar refractivity (Wildman–Crippen MR) is 416 cm³/mol. The van der Waals surface area contributed by atoms with Gasteiger partial charge in [0, 0.05) is 71.6 Å². The molecule has 5 amide bonds. The first-order valence-electron chi connectivity index (χ1n) is 39.8. The molecule has 0 aromatic rings. The van der Waals surface area contributed by atoms with Gasteiger partial charge in [0.15, 0.2) is 5.78 Å². The molecule has 3 fully saturated rings. The second kappa shape index (κ2) is 43.3. The molecule has 28 nitrogen and oxygen atoms in total. The van der Waals surface area contributed by atoms with E-state index in [1.165, 1.54) is 32.3 Å². The summed E-state index contributed by atoms with van der Waals surface area (Å²) in [5.74, 6) is -13.6. The molecule has 4 rings (SSSR count). The van der Waals surface area contributed by atoms with E-state index in [0.29, 0.717) is 38.5 Å². The molecule has 1 saturated carbocycles. The lowest BCUT2D eigenvalue weighted by Crippen LogP contribution is -2.61. The van der Waals surface area contributed by atoms with Crippen LogP contribution in [0.3, 0.4) is 0 Å². The van der Waals surface area contributed by atoms with E-state index in [0.717, 1.165) is 15.4 Å². The van der Waals surface area contributed by atoms with Gasteiger partial charge in [0.05, 0.1) is 30.4 Å². The Morgan fingerprint density at radius 2 is 1.20 bits per heavy atom. The third kappa shape index (κ3) is 30.5. The maximum absolute atomic E-state index is 15.5. The second-order valence-corrected chi connectivity index (χ2v) is 34.9. The van der Waals surface area contributed by atoms with Gasteiger partial charge in [-0.05, 0) is 223 Å². The van der Waals surface area contributed by atoms with Crippen LogP contribution >= 0.6 is 0 Å². The summed E-state index contributed by atoms with van der Waals surface area (Å²) < 4.78 is 53.8. The van der Waals surface area contributed by atoms with Crippen LogP contribution in [-0.2, 0) is 76.2 Å². The van der Waals surface area contributed by atoms with Crippen LogP contribution in [0.1, 0.15) is 247 Å². The van der Waals surface area contributed by atoms with E-state index in [4.69, 9.17) is 42.6 Å². The maximum Gasteiger partial charge on any atom is 0.411 e. The number of amides is 5. The van der Waals surface area contributed by atoms with Gasteiger partial charge in [-0.25, -0.2) is 33.6 Å². The zero-order valence-electron chi connectivity index (χ0n) is 70.4. The quantitative estimate of drug-likeness (QED) is 0.0221. The van der Waals surface area contributed by atoms with E-state index < -0.39 is 185 Å². The molecule has 0 aromatic carbocycles. The van der Waals surface area contributed by atoms with Gasteiger partial charge in [-0.1, -0.05) is 76.6 Å². The molecule has 28 heteroatoms. The number of carbonyl (C=O) groups excluding carboxylic acids is 9. The summed E-state index contributed by atoms with van der Waals surface area (Å²) in [6, 6.07) is -6.79. The molecule has 3 heterocycles. The molecule has 2 bridgehead atoms. The van der Waals surface area contributed by atoms with Gasteiger partial charge in [0.2, 0.25) is 5.79 Å². The minimum absolute atomic E-state index is 0.00495. The van der Waals surface area contributed by atoms with Crippen LogP contribution in [0.2, 0.25) is 0 Å². The number of esters is 1. The number of rotatable bonds is 22. The van der Waals surface area contributed by atoms with Gasteiger partial charge in [-0.3, -0.25) is 29.0 Å². The van der Waals surface area contributed by atoms with Crippen LogP contribution < -0.4 is 10.6 Å². The molecule has 2 saturated heterocycles. The number of ketones is 3. The number of cyclic esters (lactones) is 1. The number of hydrogen-bond acceptors (Lipinski definition) is 21. The van der Waals surface area contributed by atoms with E-state index in [2.05, 4.69) is 10.6 Å². The summed E-state index contributed by atoms with van der Waals surface area (Å²) in [7, 11) is 4.27. The number of hydrogen-bond donors (Lipinski definition) is 5. The first-order chi connectivity index (χ1) is 51.6. The highest BCUT2D eigenvalue weighted by Gasteiger charge is 2.54. The molecule has 1 aliphatic carbocycles. The minimum atomic E-state index is -2.58. The Morgan fingerprint density at radius 3 is 1.72 bits per heavy atom. The molecule has 17 atom stereocenters. The highest BCUT2D eigenvalue weighted by Crippen LogP contribution is 2.40. The van der Waals surface area contributed by atoms with E-state index >= 15 is 19.2 Å². The lowest BCUT2D eigenvalue weighted by molar-refractivity contribution is -0.265. The average molecular weight is 1570 g/mol. The largest absolute Gasteiger partial charge is 0.480 e. The first-order valence-corrected chi connectivity index (χ1v) is 39.8. The molecule has 111 heavy (non-hydrogen) atoms. The Hall–Kier alpha value is -7.27. The number of allylic oxidation sites excluding steroid dienone is 6. The van der Waals surface area contributed by atoms with Crippen molar-refractivity contribution >= 4 is 65.5 Å². The number of methoxy groups -OCH3 is 3. The van der Waals surface area contributed by atoms with Gasteiger partial charge in [-0.15, -0.1) is 0 Å². The fourth-order valence-electron chi connectivity index (χ4n) is 15.1. The topological polar surface area (TPSA) is 365 Å². The number of aliphatic carboxylic acids is 2. The van der Waals surface area contributed by atoms with E-state index in [9.17, 15) is 48.9 Å². The van der Waals surface area contributed by atoms with Crippen molar-refractivity contribution in [1.29, 1.82) is 0 Å². The SMILES string of the molecule is CO[C@H]1C[C@@H]2CC[C@@H](C)[C@@](O)(O2)C(=O)C(=O)N2CCCC[C@H]2C(=O)O[C@H]([C@H](C)C[C@@H]2CC[C@@H](N(C(=O)OC(C)(C)C)[C@@H](CCCCNC(=O)OC(C)(C)C)C(=O)O)[C@H](OC)C2)CC(=O)[C@H](C)/C=C(\C)[C@@H](N(C(=O)OC(C)(C)C)[C@@H](CCCCNC(=O)OC(C)(C)C)C(=O)O)[C@@H](OC)C(=O)[C@H](C)C[C@H](C)\C=C/C=C/C=C/1C. The van der Waals surface area contributed by atoms with Gasteiger partial charge < -0.3 is 73.5 Å². The molecule has 4 aliphatic rings. The van der Waals surface area contributed by atoms with Crippen LogP contribution in [-0.4, -0.2) is 225 Å². The molecule has 0 spiro atoms. The second-order valence-electron chi connectivity index (χ2n) is 34.9. The monoisotopic (exact) mass is 1570 g/mol. The maximum atomic E-state index is 15.5. The Balaban J connectivity index is 1.93. The zero-order valence-corrected chi connectivity index (χ0v) is 70.4. The van der Waals surface area contributed by atoms with Crippen LogP contribution in [0.25, 0.3) is 0 Å². The molecule has 3 aliphatic heterocycles. The highest BCUT2D eigenvalue weighted by molar-refractivity contribution is 6.39. The Bertz CT molecular complexity index is 3270. The number of carboxylic acids is 2. The molecule has 5 N–H and O–H groups in total. The fraction of sp³-hybridized carbons (Fsp3) is 0.771. The number of Topliss-reactive ketones (excluding diaryl/α,β-unsaturated/α-hetero) is 3. The van der Waals surface area contributed by atoms with Gasteiger partial charge in [-0.2, -0.15) is 0 Å². The number of piperidine rings is 1. The predicted octanol–water partition coefficient (Wildman–Crippen LogP) is 13.0. The number of carboxylic acid groups (broad SMARTS) is 2. The van der Waals surface area contributed by atoms with Gasteiger partial charge >= 0.3 is 42.3 Å². The van der Waals surface area contributed by atoms with Crippen molar-refractivity contribution in [2.24, 2.45) is 35.5 Å². The van der Waals surface area contributed by atoms with Gasteiger partial charge in [0.25, 0.3) is 11.7 Å². The summed E-state index contributed by atoms with van der Waals surface area (Å²) in [5.41, 5.74) is -2.82. The number of alkyl carbamates (subject to hydrolysis) is 2. The molecule has 0 radical (unpaired) electrons. The molecule has 630 valence electrons. The highest BCUT2D eigenvalue weighted by atomic mass is 16.6. The van der Waals surface area contributed by atoms with E-state index in [1.807, 2.05) is 44.2 Å². The zero-order chi connectivity index (χ0) is 83.8. The third-order valence-corrected chi connectivity index (χ3v) is 20.7.